The van der Waals surface area contributed by atoms with Gasteiger partial charge in [0.1, 0.15) is 11.0 Å². The van der Waals surface area contributed by atoms with E-state index < -0.39 is 17.9 Å². The van der Waals surface area contributed by atoms with Gasteiger partial charge in [-0.2, -0.15) is 0 Å². The zero-order chi connectivity index (χ0) is 16.7. The molecule has 0 bridgehead atoms. The summed E-state index contributed by atoms with van der Waals surface area (Å²) in [5.74, 6) is 9.56. The number of nitrogens with zero attached hydrogens (tertiary/aromatic N) is 1. The highest BCUT2D eigenvalue weighted by molar-refractivity contribution is 7.80. The lowest BCUT2D eigenvalue weighted by Gasteiger charge is -2.15. The van der Waals surface area contributed by atoms with Crippen LogP contribution >= 0.6 is 12.2 Å². The summed E-state index contributed by atoms with van der Waals surface area (Å²) in [7, 11) is 0. The number of nitrogens with two attached hydrogens (primary N) is 4. The summed E-state index contributed by atoms with van der Waals surface area (Å²) in [5.41, 5.74) is 14.1. The van der Waals surface area contributed by atoms with Crippen molar-refractivity contribution in [1.29, 1.82) is 0 Å². The second-order valence-corrected chi connectivity index (χ2v) is 4.94. The van der Waals surface area contributed by atoms with Crippen molar-refractivity contribution < 1.29 is 9.59 Å². The molecule has 120 valence electrons. The van der Waals surface area contributed by atoms with Crippen molar-refractivity contribution in [2.45, 2.75) is 12.6 Å². The first-order valence-corrected chi connectivity index (χ1v) is 6.68. The Kier molecular flexibility index (Phi) is 6.98. The van der Waals surface area contributed by atoms with Gasteiger partial charge < -0.3 is 16.8 Å². The van der Waals surface area contributed by atoms with Crippen LogP contribution < -0.4 is 33.9 Å². The number of primary amides is 1. The van der Waals surface area contributed by atoms with Crippen LogP contribution in [0.3, 0.4) is 0 Å². The van der Waals surface area contributed by atoms with E-state index in [1.807, 2.05) is 0 Å². The van der Waals surface area contributed by atoms with Crippen LogP contribution in [0.15, 0.2) is 24.3 Å². The Morgan fingerprint density at radius 1 is 1.27 bits per heavy atom. The minimum atomic E-state index is -1.20. The number of nitrogens with one attached hydrogen (secondary N) is 2. The molecule has 0 fully saturated rings. The highest BCUT2D eigenvalue weighted by Gasteiger charge is 2.18. The summed E-state index contributed by atoms with van der Waals surface area (Å²) in [6.45, 7) is 0.776. The third kappa shape index (κ3) is 5.44. The van der Waals surface area contributed by atoms with E-state index in [2.05, 4.69) is 10.7 Å². The first kappa shape index (κ1) is 18.1. The van der Waals surface area contributed by atoms with Crippen LogP contribution in [0.25, 0.3) is 0 Å². The molecular formula is C12H19N7O2S. The molecule has 22 heavy (non-hydrogen) atoms. The second-order valence-electron chi connectivity index (χ2n) is 4.50. The van der Waals surface area contributed by atoms with Gasteiger partial charge in [-0.15, -0.1) is 0 Å². The smallest absolute Gasteiger partial charge is 0.256 e. The summed E-state index contributed by atoms with van der Waals surface area (Å²) in [5, 5.41) is 3.83. The van der Waals surface area contributed by atoms with E-state index >= 15 is 0 Å². The minimum Gasteiger partial charge on any atom is -0.368 e. The Labute approximate surface area is 132 Å². The molecule has 10 heteroatoms. The number of thiocarbonyl (C=S) groups is 1. The number of hydrazine groups is 2. The molecule has 0 saturated carbocycles. The largest absolute Gasteiger partial charge is 0.368 e. The SMILES string of the molecule is NNCN(N)Cc1ccc(C(=O)NC(=S)C(N)C(N)=O)cc1. The second kappa shape index (κ2) is 8.48. The maximum atomic E-state index is 12.0. The van der Waals surface area contributed by atoms with E-state index in [0.29, 0.717) is 18.8 Å². The first-order valence-electron chi connectivity index (χ1n) is 6.27. The van der Waals surface area contributed by atoms with Crippen molar-refractivity contribution in [2.24, 2.45) is 23.2 Å². The number of hydrogen-bond donors (Lipinski definition) is 6. The van der Waals surface area contributed by atoms with Crippen LogP contribution in [-0.4, -0.2) is 34.5 Å². The zero-order valence-corrected chi connectivity index (χ0v) is 12.6. The van der Waals surface area contributed by atoms with Crippen molar-refractivity contribution in [3.63, 3.8) is 0 Å². The molecule has 2 amide bonds. The average Bonchev–Trinajstić information content (AvgIpc) is 2.47. The summed E-state index contributed by atoms with van der Waals surface area (Å²) in [6, 6.07) is 5.48. The Morgan fingerprint density at radius 3 is 2.36 bits per heavy atom. The average molecular weight is 325 g/mol. The van der Waals surface area contributed by atoms with Gasteiger partial charge in [-0.25, -0.2) is 10.4 Å². The predicted molar refractivity (Wildman–Crippen MR) is 85.6 cm³/mol. The predicted octanol–water partition coefficient (Wildman–Crippen LogP) is -2.35. The Hall–Kier alpha value is -1.95. The maximum absolute atomic E-state index is 12.0. The highest BCUT2D eigenvalue weighted by atomic mass is 32.1. The molecular weight excluding hydrogens is 306 g/mol. The lowest BCUT2D eigenvalue weighted by Crippen LogP contribution is -2.49. The molecule has 0 aliphatic rings. The molecule has 0 aliphatic heterocycles. The Balaban J connectivity index is 2.64. The van der Waals surface area contributed by atoms with Crippen molar-refractivity contribution in [1.82, 2.24) is 15.8 Å². The third-order valence-corrected chi connectivity index (χ3v) is 3.08. The number of amides is 2. The minimum absolute atomic E-state index is 0.122. The van der Waals surface area contributed by atoms with Gasteiger partial charge in [0.25, 0.3) is 5.91 Å². The topological polar surface area (TPSA) is 166 Å². The van der Waals surface area contributed by atoms with Crippen LogP contribution in [0.4, 0.5) is 0 Å². The third-order valence-electron chi connectivity index (χ3n) is 2.72. The quantitative estimate of drug-likeness (QED) is 0.140. The van der Waals surface area contributed by atoms with Crippen LogP contribution in [0, 0.1) is 0 Å². The highest BCUT2D eigenvalue weighted by Crippen LogP contribution is 2.06. The van der Waals surface area contributed by atoms with Crippen LogP contribution in [0.2, 0.25) is 0 Å². The normalized spacial score (nSPS) is 12.0. The van der Waals surface area contributed by atoms with E-state index in [0.717, 1.165) is 5.56 Å². The maximum Gasteiger partial charge on any atom is 0.256 e. The number of hydrogen-bond acceptors (Lipinski definition) is 8. The number of benzene rings is 1. The van der Waals surface area contributed by atoms with E-state index in [4.69, 9.17) is 35.4 Å². The molecule has 0 radical (unpaired) electrons. The van der Waals surface area contributed by atoms with Crippen molar-refractivity contribution in [3.05, 3.63) is 35.4 Å². The van der Waals surface area contributed by atoms with Gasteiger partial charge in [0.2, 0.25) is 5.91 Å². The molecule has 1 aromatic carbocycles. The van der Waals surface area contributed by atoms with E-state index in [-0.39, 0.29) is 4.99 Å². The van der Waals surface area contributed by atoms with Crippen LogP contribution in [0.1, 0.15) is 15.9 Å². The number of carbonyl (C=O) groups is 2. The molecule has 0 heterocycles. The molecule has 1 aromatic rings. The lowest BCUT2D eigenvalue weighted by molar-refractivity contribution is -0.117. The molecule has 0 aliphatic carbocycles. The van der Waals surface area contributed by atoms with Crippen molar-refractivity contribution >= 4 is 29.0 Å². The van der Waals surface area contributed by atoms with Crippen molar-refractivity contribution in [3.8, 4) is 0 Å². The molecule has 1 unspecified atom stereocenters. The fraction of sp³-hybridized carbons (Fsp3) is 0.250. The Bertz CT molecular complexity index is 549. The van der Waals surface area contributed by atoms with Gasteiger partial charge in [0.05, 0.1) is 6.67 Å². The van der Waals surface area contributed by atoms with Crippen molar-refractivity contribution in [2.75, 3.05) is 6.67 Å². The van der Waals surface area contributed by atoms with Crippen LogP contribution in [-0.2, 0) is 11.3 Å². The van der Waals surface area contributed by atoms with Gasteiger partial charge >= 0.3 is 0 Å². The lowest BCUT2D eigenvalue weighted by atomic mass is 10.1. The number of carbonyl (C=O) groups excluding carboxylic acids is 2. The molecule has 1 rings (SSSR count). The van der Waals surface area contributed by atoms with Gasteiger partial charge in [-0.3, -0.25) is 21.3 Å². The summed E-state index contributed by atoms with van der Waals surface area (Å²) in [6.07, 6.45) is 0. The standard InChI is InChI=1S/C12H19N7O2S/c13-9(10(14)20)12(22)18-11(21)8-3-1-7(2-4-8)5-19(16)6-17-15/h1-4,9,17H,5-6,13,15-16H2,(H2,14,20)(H,18,21,22). The molecule has 9 nitrogen and oxygen atoms in total. The Morgan fingerprint density at radius 2 is 1.86 bits per heavy atom. The van der Waals surface area contributed by atoms with E-state index in [9.17, 15) is 9.59 Å². The van der Waals surface area contributed by atoms with Gasteiger partial charge in [-0.1, -0.05) is 24.4 Å². The zero-order valence-electron chi connectivity index (χ0n) is 11.8. The first-order chi connectivity index (χ1) is 10.3. The van der Waals surface area contributed by atoms with Gasteiger partial charge in [0, 0.05) is 12.1 Å². The summed E-state index contributed by atoms with van der Waals surface area (Å²) in [4.78, 5) is 22.7. The van der Waals surface area contributed by atoms with E-state index in [1.165, 1.54) is 5.01 Å². The number of rotatable bonds is 7. The van der Waals surface area contributed by atoms with Gasteiger partial charge in [-0.05, 0) is 17.7 Å². The summed E-state index contributed by atoms with van der Waals surface area (Å²) < 4.78 is 0. The molecule has 10 N–H and O–H groups in total. The summed E-state index contributed by atoms with van der Waals surface area (Å²) >= 11 is 4.84. The molecule has 0 saturated heterocycles. The molecule has 1 atom stereocenters. The van der Waals surface area contributed by atoms with Gasteiger partial charge in [0.15, 0.2) is 0 Å². The fourth-order valence-electron chi connectivity index (χ4n) is 1.56. The molecule has 0 aromatic heterocycles. The van der Waals surface area contributed by atoms with E-state index in [1.54, 1.807) is 24.3 Å². The fourth-order valence-corrected chi connectivity index (χ4v) is 1.77. The molecule has 0 spiro atoms. The van der Waals surface area contributed by atoms with Crippen LogP contribution in [0.5, 0.6) is 0 Å². The monoisotopic (exact) mass is 325 g/mol.